The number of nitrogens with one attached hydrogen (secondary N) is 3. The van der Waals surface area contributed by atoms with Crippen LogP contribution in [-0.4, -0.2) is 24.0 Å². The average Bonchev–Trinajstić information content (AvgIpc) is 2.60. The highest BCUT2D eigenvalue weighted by atomic mass is 32.1. The molecule has 1 heterocycles. The van der Waals surface area contributed by atoms with Crippen molar-refractivity contribution in [3.63, 3.8) is 0 Å². The third-order valence-electron chi connectivity index (χ3n) is 1.79. The molecule has 1 aromatic heterocycles. The van der Waals surface area contributed by atoms with Crippen molar-refractivity contribution >= 4 is 17.2 Å². The largest absolute Gasteiger partial charge is 0.356 e. The molecule has 0 atom stereocenters. The fourth-order valence-electron chi connectivity index (χ4n) is 1.11. The Labute approximate surface area is 91.9 Å². The van der Waals surface area contributed by atoms with Crippen LogP contribution in [0.25, 0.3) is 0 Å². The molecular weight excluding hydrogens is 214 g/mol. The number of hydrogen-bond donors (Lipinski definition) is 3. The zero-order valence-corrected chi connectivity index (χ0v) is 9.45. The molecule has 0 aromatic carbocycles. The van der Waals surface area contributed by atoms with Gasteiger partial charge in [0, 0.05) is 37.1 Å². The van der Waals surface area contributed by atoms with Crippen LogP contribution >= 0.6 is 11.3 Å². The number of carbonyl (C=O) groups is 1. The third-order valence-corrected chi connectivity index (χ3v) is 2.51. The average molecular weight is 229 g/mol. The molecular formula is C9H15N3O2S. The molecule has 0 spiro atoms. The lowest BCUT2D eigenvalue weighted by molar-refractivity contribution is -0.120. The van der Waals surface area contributed by atoms with Crippen molar-refractivity contribution in [2.75, 3.05) is 13.1 Å². The molecule has 1 rings (SSSR count). The summed E-state index contributed by atoms with van der Waals surface area (Å²) < 4.78 is 0. The van der Waals surface area contributed by atoms with Crippen molar-refractivity contribution in [3.05, 3.63) is 20.7 Å². The number of thiazole rings is 1. The van der Waals surface area contributed by atoms with Gasteiger partial charge in [-0.25, -0.2) is 0 Å². The molecule has 6 heteroatoms. The Morgan fingerprint density at radius 2 is 2.40 bits per heavy atom. The van der Waals surface area contributed by atoms with Crippen molar-refractivity contribution in [1.82, 2.24) is 15.6 Å². The van der Waals surface area contributed by atoms with E-state index >= 15 is 0 Å². The van der Waals surface area contributed by atoms with E-state index in [-0.39, 0.29) is 10.8 Å². The Balaban J connectivity index is 2.12. The van der Waals surface area contributed by atoms with Crippen LogP contribution in [0.4, 0.5) is 0 Å². The molecule has 1 aromatic rings. The van der Waals surface area contributed by atoms with Gasteiger partial charge in [0.15, 0.2) is 0 Å². The van der Waals surface area contributed by atoms with Crippen LogP contribution in [-0.2, 0) is 11.3 Å². The van der Waals surface area contributed by atoms with Gasteiger partial charge in [0.05, 0.1) is 0 Å². The minimum absolute atomic E-state index is 0.0452. The molecule has 0 unspecified atom stereocenters. The summed E-state index contributed by atoms with van der Waals surface area (Å²) in [6.45, 7) is 3.76. The van der Waals surface area contributed by atoms with Crippen LogP contribution < -0.4 is 15.5 Å². The molecule has 0 aliphatic carbocycles. The van der Waals surface area contributed by atoms with E-state index in [9.17, 15) is 9.59 Å². The Kier molecular flexibility index (Phi) is 5.06. The first kappa shape index (κ1) is 11.9. The lowest BCUT2D eigenvalue weighted by Gasteiger charge is -2.03. The molecule has 5 nitrogen and oxygen atoms in total. The van der Waals surface area contributed by atoms with Gasteiger partial charge in [0.1, 0.15) is 0 Å². The summed E-state index contributed by atoms with van der Waals surface area (Å²) in [5.74, 6) is 0.0452. The summed E-state index contributed by atoms with van der Waals surface area (Å²) in [6.07, 6.45) is 0.461. The first-order valence-corrected chi connectivity index (χ1v) is 5.74. The monoisotopic (exact) mass is 229 g/mol. The molecule has 3 N–H and O–H groups in total. The van der Waals surface area contributed by atoms with E-state index in [1.807, 2.05) is 6.92 Å². The lowest BCUT2D eigenvalue weighted by Crippen LogP contribution is -2.27. The SMILES string of the molecule is CCNC(=O)CCNCc1csc(=O)[nH]1. The second-order valence-electron chi connectivity index (χ2n) is 3.05. The highest BCUT2D eigenvalue weighted by molar-refractivity contribution is 7.07. The Hall–Kier alpha value is -1.14. The molecule has 0 fully saturated rings. The third kappa shape index (κ3) is 4.75. The first-order chi connectivity index (χ1) is 7.22. The highest BCUT2D eigenvalue weighted by Gasteiger charge is 1.99. The number of carbonyl (C=O) groups excluding carboxylic acids is 1. The number of hydrogen-bond acceptors (Lipinski definition) is 4. The number of H-pyrrole nitrogens is 1. The second kappa shape index (κ2) is 6.36. The zero-order chi connectivity index (χ0) is 11.1. The predicted octanol–water partition coefficient (Wildman–Crippen LogP) is 0.0522. The van der Waals surface area contributed by atoms with Crippen LogP contribution in [0.2, 0.25) is 0 Å². The summed E-state index contributed by atoms with van der Waals surface area (Å²) in [7, 11) is 0. The van der Waals surface area contributed by atoms with E-state index < -0.39 is 0 Å². The van der Waals surface area contributed by atoms with E-state index in [2.05, 4.69) is 15.6 Å². The predicted molar refractivity (Wildman–Crippen MR) is 59.9 cm³/mol. The Bertz CT molecular complexity index is 358. The maximum Gasteiger partial charge on any atom is 0.304 e. The van der Waals surface area contributed by atoms with Crippen molar-refractivity contribution in [1.29, 1.82) is 0 Å². The van der Waals surface area contributed by atoms with E-state index in [0.29, 0.717) is 26.1 Å². The highest BCUT2D eigenvalue weighted by Crippen LogP contribution is 1.94. The van der Waals surface area contributed by atoms with Gasteiger partial charge in [-0.2, -0.15) is 0 Å². The minimum atomic E-state index is -0.0458. The maximum atomic E-state index is 11.1. The Morgan fingerprint density at radius 1 is 1.60 bits per heavy atom. The number of aromatic nitrogens is 1. The summed E-state index contributed by atoms with van der Waals surface area (Å²) in [4.78, 5) is 24.5. The number of amides is 1. The molecule has 15 heavy (non-hydrogen) atoms. The molecule has 84 valence electrons. The molecule has 0 radical (unpaired) electrons. The van der Waals surface area contributed by atoms with Crippen LogP contribution in [0.15, 0.2) is 10.2 Å². The zero-order valence-electron chi connectivity index (χ0n) is 8.63. The molecule has 0 aliphatic heterocycles. The summed E-state index contributed by atoms with van der Waals surface area (Å²) in [5.41, 5.74) is 0.862. The topological polar surface area (TPSA) is 74.0 Å². The van der Waals surface area contributed by atoms with E-state index in [1.54, 1.807) is 5.38 Å². The summed E-state index contributed by atoms with van der Waals surface area (Å²) >= 11 is 1.15. The fraction of sp³-hybridized carbons (Fsp3) is 0.556. The standard InChI is InChI=1S/C9H15N3O2S/c1-2-11-8(13)3-4-10-5-7-6-15-9(14)12-7/h6,10H,2-5H2,1H3,(H,11,13)(H,12,14). The van der Waals surface area contributed by atoms with Crippen molar-refractivity contribution in [3.8, 4) is 0 Å². The molecule has 0 aliphatic rings. The minimum Gasteiger partial charge on any atom is -0.356 e. The number of rotatable bonds is 6. The van der Waals surface area contributed by atoms with Gasteiger partial charge < -0.3 is 15.6 Å². The van der Waals surface area contributed by atoms with Crippen molar-refractivity contribution in [2.45, 2.75) is 19.9 Å². The summed E-state index contributed by atoms with van der Waals surface area (Å²) in [5, 5.41) is 7.57. The van der Waals surface area contributed by atoms with Crippen LogP contribution in [0.5, 0.6) is 0 Å². The van der Waals surface area contributed by atoms with Gasteiger partial charge in [0.2, 0.25) is 5.91 Å². The molecule has 0 saturated carbocycles. The van der Waals surface area contributed by atoms with Gasteiger partial charge in [-0.15, -0.1) is 0 Å². The Morgan fingerprint density at radius 3 is 3.00 bits per heavy atom. The van der Waals surface area contributed by atoms with Gasteiger partial charge in [-0.1, -0.05) is 11.3 Å². The van der Waals surface area contributed by atoms with Crippen LogP contribution in [0.1, 0.15) is 19.0 Å². The van der Waals surface area contributed by atoms with E-state index in [4.69, 9.17) is 0 Å². The van der Waals surface area contributed by atoms with Crippen LogP contribution in [0.3, 0.4) is 0 Å². The normalized spacial score (nSPS) is 10.2. The van der Waals surface area contributed by atoms with Gasteiger partial charge in [-0.3, -0.25) is 9.59 Å². The van der Waals surface area contributed by atoms with E-state index in [1.165, 1.54) is 0 Å². The fourth-order valence-corrected chi connectivity index (χ4v) is 1.69. The van der Waals surface area contributed by atoms with Crippen LogP contribution in [0, 0.1) is 0 Å². The smallest absolute Gasteiger partial charge is 0.304 e. The van der Waals surface area contributed by atoms with Crippen molar-refractivity contribution in [2.24, 2.45) is 0 Å². The quantitative estimate of drug-likeness (QED) is 0.604. The summed E-state index contributed by atoms with van der Waals surface area (Å²) in [6, 6.07) is 0. The second-order valence-corrected chi connectivity index (χ2v) is 3.90. The molecule has 1 amide bonds. The van der Waals surface area contributed by atoms with E-state index in [0.717, 1.165) is 17.0 Å². The maximum absolute atomic E-state index is 11.1. The molecule has 0 bridgehead atoms. The lowest BCUT2D eigenvalue weighted by atomic mass is 10.4. The van der Waals surface area contributed by atoms with Gasteiger partial charge >= 0.3 is 4.87 Å². The molecule has 0 saturated heterocycles. The van der Waals surface area contributed by atoms with Gasteiger partial charge in [0.25, 0.3) is 0 Å². The first-order valence-electron chi connectivity index (χ1n) is 4.86. The number of aromatic amines is 1. The van der Waals surface area contributed by atoms with Crippen molar-refractivity contribution < 1.29 is 4.79 Å². The van der Waals surface area contributed by atoms with Gasteiger partial charge in [-0.05, 0) is 6.92 Å².